The van der Waals surface area contributed by atoms with Gasteiger partial charge in [0.15, 0.2) is 0 Å². The number of nitrogens with zero attached hydrogens (tertiary/aromatic N) is 7. The van der Waals surface area contributed by atoms with Gasteiger partial charge in [0.25, 0.3) is 0 Å². The predicted molar refractivity (Wildman–Crippen MR) is 87.0 cm³/mol. The first-order chi connectivity index (χ1) is 11.7. The van der Waals surface area contributed by atoms with Gasteiger partial charge in [0.1, 0.15) is 12.9 Å². The fourth-order valence-electron chi connectivity index (χ4n) is 3.66. The Morgan fingerprint density at radius 2 is 2.04 bits per heavy atom. The summed E-state index contributed by atoms with van der Waals surface area (Å²) >= 11 is 0. The summed E-state index contributed by atoms with van der Waals surface area (Å²) in [6, 6.07) is 0. The molecule has 1 N–H and O–H groups in total. The van der Waals surface area contributed by atoms with E-state index in [0.717, 1.165) is 32.7 Å². The smallest absolute Gasteiger partial charge is 0.244 e. The summed E-state index contributed by atoms with van der Waals surface area (Å²) < 4.78 is 1.44. The Labute approximate surface area is 142 Å². The van der Waals surface area contributed by atoms with Crippen molar-refractivity contribution in [3.63, 3.8) is 0 Å². The minimum Gasteiger partial charge on any atom is -0.396 e. The van der Waals surface area contributed by atoms with E-state index in [1.807, 2.05) is 4.90 Å². The molecule has 2 aliphatic rings. The van der Waals surface area contributed by atoms with Crippen LogP contribution in [0.4, 0.5) is 0 Å². The Bertz CT molecular complexity index is 524. The number of aliphatic hydroxyl groups excluding tert-OH is 1. The lowest BCUT2D eigenvalue weighted by Gasteiger charge is -2.26. The van der Waals surface area contributed by atoms with Gasteiger partial charge in [-0.3, -0.25) is 4.79 Å². The third-order valence-corrected chi connectivity index (χ3v) is 5.16. The summed E-state index contributed by atoms with van der Waals surface area (Å²) in [5, 5.41) is 20.6. The molecule has 0 bridgehead atoms. The molecule has 134 valence electrons. The van der Waals surface area contributed by atoms with Gasteiger partial charge in [-0.15, -0.1) is 5.10 Å². The van der Waals surface area contributed by atoms with Gasteiger partial charge in [-0.2, -0.15) is 0 Å². The number of carbonyl (C=O) groups is 1. The third-order valence-electron chi connectivity index (χ3n) is 5.16. The molecule has 0 spiro atoms. The molecule has 0 aromatic carbocycles. The molecule has 1 aromatic rings. The van der Waals surface area contributed by atoms with Crippen LogP contribution in [0.1, 0.15) is 6.42 Å². The number of likely N-dealkylation sites (N-methyl/N-ethyl adjacent to an activating group) is 1. The number of carbonyl (C=O) groups excluding carboxylic acids is 1. The van der Waals surface area contributed by atoms with E-state index in [1.54, 1.807) is 0 Å². The van der Waals surface area contributed by atoms with Crippen molar-refractivity contribution in [2.75, 3.05) is 59.5 Å². The van der Waals surface area contributed by atoms with Gasteiger partial charge in [-0.1, -0.05) is 0 Å². The molecule has 1 amide bonds. The first-order valence-corrected chi connectivity index (χ1v) is 8.66. The van der Waals surface area contributed by atoms with Crippen LogP contribution >= 0.6 is 0 Å². The van der Waals surface area contributed by atoms with Crippen LogP contribution in [0.3, 0.4) is 0 Å². The van der Waals surface area contributed by atoms with E-state index in [0.29, 0.717) is 19.0 Å². The predicted octanol–water partition coefficient (Wildman–Crippen LogP) is -1.62. The van der Waals surface area contributed by atoms with Crippen molar-refractivity contribution in [1.29, 1.82) is 0 Å². The Balaban J connectivity index is 1.54. The number of aromatic nitrogens is 4. The zero-order valence-corrected chi connectivity index (χ0v) is 14.3. The van der Waals surface area contributed by atoms with Gasteiger partial charge >= 0.3 is 0 Å². The first-order valence-electron chi connectivity index (χ1n) is 8.66. The first kappa shape index (κ1) is 17.2. The van der Waals surface area contributed by atoms with Crippen LogP contribution < -0.4 is 0 Å². The largest absolute Gasteiger partial charge is 0.396 e. The summed E-state index contributed by atoms with van der Waals surface area (Å²) in [5.74, 6) is 0.499. The molecular weight excluding hydrogens is 310 g/mol. The van der Waals surface area contributed by atoms with E-state index < -0.39 is 0 Å². The van der Waals surface area contributed by atoms with Crippen LogP contribution in [0.2, 0.25) is 0 Å². The van der Waals surface area contributed by atoms with Crippen molar-refractivity contribution in [3.8, 4) is 0 Å². The molecule has 2 aliphatic heterocycles. The SMILES string of the molecule is CN1CCCN(C[C@@H]2CN(C(=O)Cn3cnnn3)C[C@@H]2CO)CC1. The van der Waals surface area contributed by atoms with Crippen LogP contribution in [0.5, 0.6) is 0 Å². The van der Waals surface area contributed by atoms with Crippen LogP contribution in [-0.4, -0.2) is 105 Å². The van der Waals surface area contributed by atoms with Gasteiger partial charge < -0.3 is 19.8 Å². The Morgan fingerprint density at radius 3 is 2.79 bits per heavy atom. The van der Waals surface area contributed by atoms with E-state index in [4.69, 9.17) is 0 Å². The lowest BCUT2D eigenvalue weighted by atomic mass is 9.96. The van der Waals surface area contributed by atoms with E-state index in [9.17, 15) is 9.90 Å². The summed E-state index contributed by atoms with van der Waals surface area (Å²) in [7, 11) is 2.16. The van der Waals surface area contributed by atoms with E-state index >= 15 is 0 Å². The maximum Gasteiger partial charge on any atom is 0.244 e. The maximum atomic E-state index is 12.4. The Morgan fingerprint density at radius 1 is 1.21 bits per heavy atom. The van der Waals surface area contributed by atoms with Crippen LogP contribution in [0, 0.1) is 11.8 Å². The molecule has 9 nitrogen and oxygen atoms in total. The molecule has 0 aliphatic carbocycles. The number of hydrogen-bond acceptors (Lipinski definition) is 7. The Kier molecular flexibility index (Phi) is 5.75. The van der Waals surface area contributed by atoms with E-state index in [-0.39, 0.29) is 25.0 Å². The van der Waals surface area contributed by atoms with Crippen LogP contribution in [-0.2, 0) is 11.3 Å². The van der Waals surface area contributed by atoms with Crippen molar-refractivity contribution < 1.29 is 9.90 Å². The average molecular weight is 337 g/mol. The molecule has 2 saturated heterocycles. The fourth-order valence-corrected chi connectivity index (χ4v) is 3.66. The summed E-state index contributed by atoms with van der Waals surface area (Å²) in [5.41, 5.74) is 0. The highest BCUT2D eigenvalue weighted by atomic mass is 16.3. The van der Waals surface area contributed by atoms with E-state index in [1.165, 1.54) is 17.4 Å². The topological polar surface area (TPSA) is 90.6 Å². The second kappa shape index (κ2) is 8.00. The normalized spacial score (nSPS) is 26.7. The number of rotatable bonds is 5. The molecule has 24 heavy (non-hydrogen) atoms. The minimum absolute atomic E-state index is 0.0128. The number of likely N-dealkylation sites (tertiary alicyclic amines) is 1. The number of aliphatic hydroxyl groups is 1. The van der Waals surface area contributed by atoms with Gasteiger partial charge in [0, 0.05) is 45.2 Å². The highest BCUT2D eigenvalue weighted by Gasteiger charge is 2.35. The molecule has 3 rings (SSSR count). The maximum absolute atomic E-state index is 12.4. The molecule has 0 unspecified atom stereocenters. The van der Waals surface area contributed by atoms with E-state index in [2.05, 4.69) is 32.4 Å². The standard InChI is InChI=1S/C15H27N7O2/c1-19-3-2-4-20(6-5-19)7-13-8-21(9-14(13)11-23)15(24)10-22-12-16-17-18-22/h12-14,23H,2-11H2,1H3/t13-,14-/m1/s1. The zero-order chi connectivity index (χ0) is 16.9. The molecular formula is C15H27N7O2. The van der Waals surface area contributed by atoms with Crippen molar-refractivity contribution in [1.82, 2.24) is 34.9 Å². The number of tetrazole rings is 1. The van der Waals surface area contributed by atoms with Gasteiger partial charge in [0.2, 0.25) is 5.91 Å². The number of amides is 1. The van der Waals surface area contributed by atoms with Crippen molar-refractivity contribution in [3.05, 3.63) is 6.33 Å². The quantitative estimate of drug-likeness (QED) is 0.690. The van der Waals surface area contributed by atoms with Gasteiger partial charge in [0.05, 0.1) is 0 Å². The molecule has 0 radical (unpaired) electrons. The molecule has 3 heterocycles. The van der Waals surface area contributed by atoms with Crippen LogP contribution in [0.15, 0.2) is 6.33 Å². The number of hydrogen-bond donors (Lipinski definition) is 1. The molecule has 2 fully saturated rings. The lowest BCUT2D eigenvalue weighted by Crippen LogP contribution is -2.37. The van der Waals surface area contributed by atoms with Gasteiger partial charge in [-0.05, 0) is 42.9 Å². The monoisotopic (exact) mass is 337 g/mol. The van der Waals surface area contributed by atoms with Crippen molar-refractivity contribution >= 4 is 5.91 Å². The molecule has 1 aromatic heterocycles. The molecule has 2 atom stereocenters. The highest BCUT2D eigenvalue weighted by molar-refractivity contribution is 5.76. The summed E-state index contributed by atoms with van der Waals surface area (Å²) in [4.78, 5) is 19.1. The second-order valence-electron chi connectivity index (χ2n) is 6.97. The summed E-state index contributed by atoms with van der Waals surface area (Å²) in [6.45, 7) is 6.95. The highest BCUT2D eigenvalue weighted by Crippen LogP contribution is 2.25. The summed E-state index contributed by atoms with van der Waals surface area (Å²) in [6.07, 6.45) is 2.62. The molecule has 0 saturated carbocycles. The zero-order valence-electron chi connectivity index (χ0n) is 14.3. The average Bonchev–Trinajstić information content (AvgIpc) is 3.17. The fraction of sp³-hybridized carbons (Fsp3) is 0.867. The molecule has 9 heteroatoms. The van der Waals surface area contributed by atoms with Gasteiger partial charge in [-0.25, -0.2) is 4.68 Å². The second-order valence-corrected chi connectivity index (χ2v) is 6.97. The van der Waals surface area contributed by atoms with Crippen molar-refractivity contribution in [2.24, 2.45) is 11.8 Å². The minimum atomic E-state index is 0.0128. The van der Waals surface area contributed by atoms with Crippen LogP contribution in [0.25, 0.3) is 0 Å². The lowest BCUT2D eigenvalue weighted by molar-refractivity contribution is -0.131. The Hall–Kier alpha value is -1.58. The van der Waals surface area contributed by atoms with Crippen molar-refractivity contribution in [2.45, 2.75) is 13.0 Å². The third kappa shape index (κ3) is 4.28.